The zero-order chi connectivity index (χ0) is 22.5. The number of hydrogen-bond acceptors (Lipinski definition) is 5. The Hall–Kier alpha value is -3.39. The molecule has 164 valence electrons. The summed E-state index contributed by atoms with van der Waals surface area (Å²) in [5.41, 5.74) is 1.67. The largest absolute Gasteiger partial charge is 0.496 e. The lowest BCUT2D eigenvalue weighted by atomic mass is 10.2. The van der Waals surface area contributed by atoms with E-state index in [1.54, 1.807) is 24.3 Å². The topological polar surface area (TPSA) is 102 Å². The second-order valence-corrected chi connectivity index (χ2v) is 7.10. The number of aromatic amines is 1. The van der Waals surface area contributed by atoms with Crippen LogP contribution in [-0.2, 0) is 0 Å². The first kappa shape index (κ1) is 22.3. The number of ether oxygens (including phenoxy) is 3. The summed E-state index contributed by atoms with van der Waals surface area (Å²) in [6.07, 6.45) is 0.823. The van der Waals surface area contributed by atoms with Crippen LogP contribution in [-0.4, -0.2) is 44.7 Å². The number of methoxy groups -OCH3 is 3. The van der Waals surface area contributed by atoms with Gasteiger partial charge in [0.05, 0.1) is 37.4 Å². The molecule has 0 saturated heterocycles. The van der Waals surface area contributed by atoms with Crippen molar-refractivity contribution in [2.24, 2.45) is 0 Å². The van der Waals surface area contributed by atoms with Crippen LogP contribution in [0.5, 0.6) is 17.2 Å². The summed E-state index contributed by atoms with van der Waals surface area (Å²) in [7, 11) is 4.58. The van der Waals surface area contributed by atoms with Crippen LogP contribution in [0.2, 0.25) is 5.02 Å². The SMILES string of the molecule is CCCNC(=O)c1ccc(NC(=O)c2cc3c(OC)cc(OC)c(OC)c3[nH]2)cc1Cl. The van der Waals surface area contributed by atoms with Crippen molar-refractivity contribution in [2.45, 2.75) is 13.3 Å². The van der Waals surface area contributed by atoms with Crippen LogP contribution in [0.3, 0.4) is 0 Å². The molecule has 1 aromatic heterocycles. The standard InChI is InChI=1S/C22H24ClN3O5/c1-5-8-24-21(27)13-7-6-12(9-15(13)23)25-22(28)16-10-14-17(29-2)11-18(30-3)20(31-4)19(14)26-16/h6-7,9-11,26H,5,8H2,1-4H3,(H,24,27)(H,25,28). The number of carbonyl (C=O) groups excluding carboxylic acids is 2. The van der Waals surface area contributed by atoms with Crippen LogP contribution in [0.1, 0.15) is 34.2 Å². The number of carbonyl (C=O) groups is 2. The van der Waals surface area contributed by atoms with Crippen molar-refractivity contribution < 1.29 is 23.8 Å². The lowest BCUT2D eigenvalue weighted by Crippen LogP contribution is -2.24. The Balaban J connectivity index is 1.88. The van der Waals surface area contributed by atoms with E-state index in [0.29, 0.717) is 51.6 Å². The third kappa shape index (κ3) is 4.54. The Morgan fingerprint density at radius 3 is 2.35 bits per heavy atom. The second-order valence-electron chi connectivity index (χ2n) is 6.69. The predicted molar refractivity (Wildman–Crippen MR) is 120 cm³/mol. The molecular weight excluding hydrogens is 422 g/mol. The summed E-state index contributed by atoms with van der Waals surface area (Å²) < 4.78 is 16.2. The molecule has 3 N–H and O–H groups in total. The molecule has 9 heteroatoms. The Bertz CT molecular complexity index is 1130. The average Bonchev–Trinajstić information content (AvgIpc) is 3.21. The maximum atomic E-state index is 12.8. The van der Waals surface area contributed by atoms with E-state index in [4.69, 9.17) is 25.8 Å². The van der Waals surface area contributed by atoms with Gasteiger partial charge in [-0.25, -0.2) is 0 Å². The number of H-pyrrole nitrogens is 1. The summed E-state index contributed by atoms with van der Waals surface area (Å²) >= 11 is 6.24. The number of benzene rings is 2. The van der Waals surface area contributed by atoms with Gasteiger partial charge in [0.1, 0.15) is 11.4 Å². The van der Waals surface area contributed by atoms with Gasteiger partial charge >= 0.3 is 0 Å². The molecule has 0 spiro atoms. The van der Waals surface area contributed by atoms with Gasteiger partial charge < -0.3 is 29.8 Å². The smallest absolute Gasteiger partial charge is 0.272 e. The molecule has 2 aromatic carbocycles. The number of halogens is 1. The first-order valence-corrected chi connectivity index (χ1v) is 10.0. The van der Waals surface area contributed by atoms with Crippen molar-refractivity contribution in [3.63, 3.8) is 0 Å². The van der Waals surface area contributed by atoms with Crippen LogP contribution in [0.25, 0.3) is 10.9 Å². The lowest BCUT2D eigenvalue weighted by Gasteiger charge is -2.11. The second kappa shape index (κ2) is 9.61. The van der Waals surface area contributed by atoms with E-state index in [9.17, 15) is 9.59 Å². The number of nitrogens with one attached hydrogen (secondary N) is 3. The lowest BCUT2D eigenvalue weighted by molar-refractivity contribution is 0.0953. The van der Waals surface area contributed by atoms with Crippen LogP contribution < -0.4 is 24.8 Å². The maximum Gasteiger partial charge on any atom is 0.272 e. The van der Waals surface area contributed by atoms with Gasteiger partial charge in [0.25, 0.3) is 11.8 Å². The van der Waals surface area contributed by atoms with E-state index in [1.807, 2.05) is 6.92 Å². The third-order valence-electron chi connectivity index (χ3n) is 4.69. The molecule has 0 aliphatic heterocycles. The molecule has 0 atom stereocenters. The normalized spacial score (nSPS) is 10.6. The Kier molecular flexibility index (Phi) is 6.91. The number of aromatic nitrogens is 1. The van der Waals surface area contributed by atoms with Crippen LogP contribution in [0.4, 0.5) is 5.69 Å². The zero-order valence-corrected chi connectivity index (χ0v) is 18.5. The molecule has 3 rings (SSSR count). The third-order valence-corrected chi connectivity index (χ3v) is 5.00. The Labute approximate surface area is 184 Å². The van der Waals surface area contributed by atoms with Crippen molar-refractivity contribution in [1.29, 1.82) is 0 Å². The van der Waals surface area contributed by atoms with Crippen LogP contribution in [0.15, 0.2) is 30.3 Å². The van der Waals surface area contributed by atoms with Crippen LogP contribution in [0, 0.1) is 0 Å². The van der Waals surface area contributed by atoms with Gasteiger partial charge in [-0.1, -0.05) is 18.5 Å². The van der Waals surface area contributed by atoms with E-state index in [0.717, 1.165) is 6.42 Å². The molecule has 0 saturated carbocycles. The fourth-order valence-electron chi connectivity index (χ4n) is 3.17. The molecule has 1 heterocycles. The predicted octanol–water partition coefficient (Wildman–Crippen LogP) is 4.24. The number of hydrogen-bond donors (Lipinski definition) is 3. The highest BCUT2D eigenvalue weighted by Crippen LogP contribution is 2.41. The molecule has 0 radical (unpaired) electrons. The summed E-state index contributed by atoms with van der Waals surface area (Å²) in [5.74, 6) is 0.827. The quantitative estimate of drug-likeness (QED) is 0.481. The molecule has 0 fully saturated rings. The number of fused-ring (bicyclic) bond motifs is 1. The van der Waals surface area contributed by atoms with Gasteiger partial charge in [0.15, 0.2) is 11.5 Å². The number of amides is 2. The van der Waals surface area contributed by atoms with E-state index in [1.165, 1.54) is 27.4 Å². The summed E-state index contributed by atoms with van der Waals surface area (Å²) in [5, 5.41) is 6.46. The van der Waals surface area contributed by atoms with Crippen molar-refractivity contribution in [1.82, 2.24) is 10.3 Å². The first-order chi connectivity index (χ1) is 14.9. The van der Waals surface area contributed by atoms with E-state index < -0.39 is 5.91 Å². The van der Waals surface area contributed by atoms with Gasteiger partial charge in [-0.15, -0.1) is 0 Å². The van der Waals surface area contributed by atoms with Crippen LogP contribution >= 0.6 is 11.6 Å². The van der Waals surface area contributed by atoms with E-state index in [-0.39, 0.29) is 10.9 Å². The Morgan fingerprint density at radius 1 is 1.00 bits per heavy atom. The van der Waals surface area contributed by atoms with Crippen molar-refractivity contribution in [3.05, 3.63) is 46.6 Å². The molecule has 0 unspecified atom stereocenters. The highest BCUT2D eigenvalue weighted by Gasteiger charge is 2.20. The van der Waals surface area contributed by atoms with E-state index in [2.05, 4.69) is 15.6 Å². The molecule has 0 aliphatic carbocycles. The highest BCUT2D eigenvalue weighted by molar-refractivity contribution is 6.34. The number of anilines is 1. The Morgan fingerprint density at radius 2 is 1.74 bits per heavy atom. The molecule has 3 aromatic rings. The summed E-state index contributed by atoms with van der Waals surface area (Å²) in [4.78, 5) is 28.0. The minimum atomic E-state index is -0.390. The van der Waals surface area contributed by atoms with Gasteiger partial charge in [0, 0.05) is 23.7 Å². The van der Waals surface area contributed by atoms with E-state index >= 15 is 0 Å². The first-order valence-electron chi connectivity index (χ1n) is 9.64. The monoisotopic (exact) mass is 445 g/mol. The van der Waals surface area contributed by atoms with Gasteiger partial charge in [-0.3, -0.25) is 9.59 Å². The molecule has 2 amide bonds. The molecular formula is C22H24ClN3O5. The average molecular weight is 446 g/mol. The summed E-state index contributed by atoms with van der Waals surface area (Å²) in [6, 6.07) is 8.09. The van der Waals surface area contributed by atoms with Crippen molar-refractivity contribution in [2.75, 3.05) is 33.2 Å². The summed E-state index contributed by atoms with van der Waals surface area (Å²) in [6.45, 7) is 2.53. The molecule has 8 nitrogen and oxygen atoms in total. The fraction of sp³-hybridized carbons (Fsp3) is 0.273. The molecule has 0 aliphatic rings. The maximum absolute atomic E-state index is 12.8. The minimum Gasteiger partial charge on any atom is -0.496 e. The number of rotatable bonds is 8. The molecule has 31 heavy (non-hydrogen) atoms. The van der Waals surface area contributed by atoms with Crippen molar-refractivity contribution >= 4 is 40.0 Å². The van der Waals surface area contributed by atoms with Gasteiger partial charge in [-0.05, 0) is 30.7 Å². The molecule has 0 bridgehead atoms. The minimum absolute atomic E-state index is 0.246. The van der Waals surface area contributed by atoms with Gasteiger partial charge in [-0.2, -0.15) is 0 Å². The van der Waals surface area contributed by atoms with Gasteiger partial charge in [0.2, 0.25) is 0 Å². The van der Waals surface area contributed by atoms with Crippen molar-refractivity contribution in [3.8, 4) is 17.2 Å². The zero-order valence-electron chi connectivity index (χ0n) is 17.7. The fourth-order valence-corrected chi connectivity index (χ4v) is 3.43. The highest BCUT2D eigenvalue weighted by atomic mass is 35.5.